The van der Waals surface area contributed by atoms with Crippen molar-refractivity contribution in [1.82, 2.24) is 0 Å². The summed E-state index contributed by atoms with van der Waals surface area (Å²) >= 11 is 6.10. The minimum Gasteiger partial charge on any atom is -0.497 e. The molecular formula is C10H14ClO2P. The Hall–Kier alpha value is -0.300. The first-order valence-electron chi connectivity index (χ1n) is 4.40. The normalized spacial score (nSPS) is 12.9. The van der Waals surface area contributed by atoms with Crippen LogP contribution in [0.2, 0.25) is 0 Å². The molecule has 2 nitrogen and oxygen atoms in total. The molecule has 0 heterocycles. The van der Waals surface area contributed by atoms with Gasteiger partial charge < -0.3 is 9.26 Å². The number of rotatable bonds is 4. The van der Waals surface area contributed by atoms with Crippen molar-refractivity contribution in [3.05, 3.63) is 24.3 Å². The molecule has 78 valence electrons. The van der Waals surface area contributed by atoms with Gasteiger partial charge in [-0.1, -0.05) is 11.2 Å². The summed E-state index contributed by atoms with van der Waals surface area (Å²) in [5, 5.41) is 1.01. The van der Waals surface area contributed by atoms with Gasteiger partial charge in [0, 0.05) is 5.30 Å². The molecule has 0 N–H and O–H groups in total. The summed E-state index contributed by atoms with van der Waals surface area (Å²) < 4.78 is 10.6. The van der Waals surface area contributed by atoms with Crippen molar-refractivity contribution in [2.45, 2.75) is 20.0 Å². The topological polar surface area (TPSA) is 18.5 Å². The molecule has 1 atom stereocenters. The summed E-state index contributed by atoms with van der Waals surface area (Å²) in [6.07, 6.45) is 0.153. The van der Waals surface area contributed by atoms with E-state index in [0.29, 0.717) is 0 Å². The van der Waals surface area contributed by atoms with Crippen molar-refractivity contribution >= 4 is 24.0 Å². The summed E-state index contributed by atoms with van der Waals surface area (Å²) in [6.45, 7) is 3.95. The lowest BCUT2D eigenvalue weighted by atomic mass is 10.3. The molecule has 4 heteroatoms. The molecule has 0 aliphatic rings. The third-order valence-electron chi connectivity index (χ3n) is 1.58. The van der Waals surface area contributed by atoms with Crippen LogP contribution in [0.4, 0.5) is 0 Å². The van der Waals surface area contributed by atoms with E-state index in [-0.39, 0.29) is 6.10 Å². The monoisotopic (exact) mass is 232 g/mol. The van der Waals surface area contributed by atoms with Crippen molar-refractivity contribution in [3.63, 3.8) is 0 Å². The predicted octanol–water partition coefficient (Wildman–Crippen LogP) is 3.30. The lowest BCUT2D eigenvalue weighted by Crippen LogP contribution is -2.04. The lowest BCUT2D eigenvalue weighted by molar-refractivity contribution is 0.280. The Bertz CT molecular complexity index is 274. The van der Waals surface area contributed by atoms with Crippen LogP contribution in [-0.4, -0.2) is 13.2 Å². The highest BCUT2D eigenvalue weighted by molar-refractivity contribution is 7.86. The summed E-state index contributed by atoms with van der Waals surface area (Å²) in [4.78, 5) is 0. The minimum absolute atomic E-state index is 0.153. The standard InChI is InChI=1S/C10H14ClO2P/c1-8(2)13-14(11)10-6-4-9(12-3)5-7-10/h4-8H,1-3H3. The van der Waals surface area contributed by atoms with Crippen LogP contribution in [0.15, 0.2) is 24.3 Å². The molecule has 14 heavy (non-hydrogen) atoms. The van der Waals surface area contributed by atoms with Gasteiger partial charge in [-0.05, 0) is 38.1 Å². The van der Waals surface area contributed by atoms with Crippen LogP contribution in [0.25, 0.3) is 0 Å². The van der Waals surface area contributed by atoms with Gasteiger partial charge >= 0.3 is 0 Å². The van der Waals surface area contributed by atoms with Gasteiger partial charge in [-0.15, -0.1) is 0 Å². The second-order valence-electron chi connectivity index (χ2n) is 3.10. The highest BCUT2D eigenvalue weighted by Crippen LogP contribution is 2.42. The third kappa shape index (κ3) is 3.45. The molecule has 0 spiro atoms. The number of benzene rings is 1. The molecule has 0 aromatic heterocycles. The van der Waals surface area contributed by atoms with Gasteiger partial charge in [-0.25, -0.2) is 0 Å². The van der Waals surface area contributed by atoms with E-state index in [0.717, 1.165) is 11.1 Å². The molecule has 0 fully saturated rings. The van der Waals surface area contributed by atoms with Crippen molar-refractivity contribution < 1.29 is 9.26 Å². The van der Waals surface area contributed by atoms with Crippen molar-refractivity contribution in [3.8, 4) is 5.75 Å². The Morgan fingerprint density at radius 3 is 2.21 bits per heavy atom. The van der Waals surface area contributed by atoms with Gasteiger partial charge in [0.25, 0.3) is 0 Å². The fourth-order valence-electron chi connectivity index (χ4n) is 0.945. The highest BCUT2D eigenvalue weighted by Gasteiger charge is 2.10. The van der Waals surface area contributed by atoms with E-state index in [1.165, 1.54) is 0 Å². The maximum atomic E-state index is 6.10. The summed E-state index contributed by atoms with van der Waals surface area (Å²) in [5.74, 6) is 0.832. The van der Waals surface area contributed by atoms with Crippen LogP contribution in [0.1, 0.15) is 13.8 Å². The van der Waals surface area contributed by atoms with Crippen molar-refractivity contribution in [2.75, 3.05) is 7.11 Å². The van der Waals surface area contributed by atoms with E-state index in [2.05, 4.69) is 0 Å². The first-order chi connectivity index (χ1) is 6.63. The van der Waals surface area contributed by atoms with Gasteiger partial charge in [0.15, 0.2) is 7.50 Å². The quantitative estimate of drug-likeness (QED) is 0.742. The zero-order valence-corrected chi connectivity index (χ0v) is 10.2. The predicted molar refractivity (Wildman–Crippen MR) is 61.6 cm³/mol. The molecule has 0 bridgehead atoms. The van der Waals surface area contributed by atoms with Crippen molar-refractivity contribution in [2.24, 2.45) is 0 Å². The van der Waals surface area contributed by atoms with Crippen LogP contribution < -0.4 is 10.0 Å². The Balaban J connectivity index is 2.66. The van der Waals surface area contributed by atoms with E-state index in [1.54, 1.807) is 7.11 Å². The van der Waals surface area contributed by atoms with Crippen LogP contribution in [0.5, 0.6) is 5.75 Å². The fourth-order valence-corrected chi connectivity index (χ4v) is 2.64. The van der Waals surface area contributed by atoms with E-state index in [4.69, 9.17) is 20.5 Å². The average molecular weight is 233 g/mol. The fraction of sp³-hybridized carbons (Fsp3) is 0.400. The van der Waals surface area contributed by atoms with Crippen LogP contribution >= 0.6 is 18.7 Å². The molecule has 0 saturated carbocycles. The second-order valence-corrected chi connectivity index (χ2v) is 5.23. The molecule has 0 aliphatic heterocycles. The molecule has 1 unspecified atom stereocenters. The SMILES string of the molecule is COc1ccc(P(Cl)OC(C)C)cc1. The molecule has 1 rings (SSSR count). The number of hydrogen-bond donors (Lipinski definition) is 0. The maximum absolute atomic E-state index is 6.10. The average Bonchev–Trinajstić information content (AvgIpc) is 2.17. The second kappa shape index (κ2) is 5.55. The van der Waals surface area contributed by atoms with Gasteiger partial charge in [-0.3, -0.25) is 0 Å². The Morgan fingerprint density at radius 2 is 1.79 bits per heavy atom. The molecule has 0 radical (unpaired) electrons. The van der Waals surface area contributed by atoms with E-state index < -0.39 is 7.50 Å². The summed E-state index contributed by atoms with van der Waals surface area (Å²) in [7, 11) is 0.626. The van der Waals surface area contributed by atoms with E-state index >= 15 is 0 Å². The zero-order chi connectivity index (χ0) is 10.6. The number of ether oxygens (including phenoxy) is 1. The lowest BCUT2D eigenvalue weighted by Gasteiger charge is -2.13. The molecule has 0 saturated heterocycles. The number of hydrogen-bond acceptors (Lipinski definition) is 2. The van der Waals surface area contributed by atoms with E-state index in [1.807, 2.05) is 38.1 Å². The first kappa shape index (κ1) is 11.8. The maximum Gasteiger partial charge on any atom is 0.157 e. The van der Waals surface area contributed by atoms with Crippen molar-refractivity contribution in [1.29, 1.82) is 0 Å². The van der Waals surface area contributed by atoms with Crippen LogP contribution in [0, 0.1) is 0 Å². The smallest absolute Gasteiger partial charge is 0.157 e. The molecular weight excluding hydrogens is 219 g/mol. The summed E-state index contributed by atoms with van der Waals surface area (Å²) in [5.41, 5.74) is 0. The molecule has 1 aromatic rings. The van der Waals surface area contributed by atoms with Gasteiger partial charge in [-0.2, -0.15) is 0 Å². The molecule has 0 amide bonds. The molecule has 0 aliphatic carbocycles. The third-order valence-corrected chi connectivity index (χ3v) is 3.71. The number of methoxy groups -OCH3 is 1. The molecule has 1 aromatic carbocycles. The Morgan fingerprint density at radius 1 is 1.21 bits per heavy atom. The van der Waals surface area contributed by atoms with Gasteiger partial charge in [0.1, 0.15) is 5.75 Å². The first-order valence-corrected chi connectivity index (χ1v) is 6.56. The Labute approximate surface area is 90.8 Å². The summed E-state index contributed by atoms with van der Waals surface area (Å²) in [6, 6.07) is 7.63. The van der Waals surface area contributed by atoms with Crippen LogP contribution in [0.3, 0.4) is 0 Å². The number of halogens is 1. The Kier molecular flexibility index (Phi) is 4.67. The van der Waals surface area contributed by atoms with Gasteiger partial charge in [0.2, 0.25) is 0 Å². The van der Waals surface area contributed by atoms with Crippen LogP contribution in [-0.2, 0) is 4.52 Å². The van der Waals surface area contributed by atoms with E-state index in [9.17, 15) is 0 Å². The highest BCUT2D eigenvalue weighted by atomic mass is 35.7. The van der Waals surface area contributed by atoms with Gasteiger partial charge in [0.05, 0.1) is 13.2 Å². The zero-order valence-electron chi connectivity index (χ0n) is 8.53. The minimum atomic E-state index is -1.02. The largest absolute Gasteiger partial charge is 0.497 e.